The lowest BCUT2D eigenvalue weighted by Crippen LogP contribution is -2.40. The minimum absolute atomic E-state index is 0.0935. The molecule has 140 valence electrons. The van der Waals surface area contributed by atoms with Crippen molar-refractivity contribution in [2.24, 2.45) is 5.92 Å². The monoisotopic (exact) mass is 387 g/mol. The number of halogens is 3. The Morgan fingerprint density at radius 2 is 2.04 bits per heavy atom. The Kier molecular flexibility index (Phi) is 5.08. The van der Waals surface area contributed by atoms with E-state index in [1.54, 1.807) is 11.8 Å². The highest BCUT2D eigenvalue weighted by molar-refractivity contribution is 7.07. The Labute approximate surface area is 150 Å². The van der Waals surface area contributed by atoms with Crippen LogP contribution < -0.4 is 5.56 Å². The van der Waals surface area contributed by atoms with Crippen molar-refractivity contribution in [1.82, 2.24) is 24.0 Å². The van der Waals surface area contributed by atoms with Crippen molar-refractivity contribution < 1.29 is 18.0 Å². The Morgan fingerprint density at radius 1 is 1.35 bits per heavy atom. The van der Waals surface area contributed by atoms with Crippen LogP contribution in [0, 0.1) is 12.8 Å². The molecule has 1 saturated heterocycles. The molecule has 1 aliphatic rings. The molecule has 0 bridgehead atoms. The van der Waals surface area contributed by atoms with E-state index in [4.69, 9.17) is 0 Å². The van der Waals surface area contributed by atoms with Crippen LogP contribution in [0.25, 0.3) is 0 Å². The van der Waals surface area contributed by atoms with Gasteiger partial charge < -0.3 is 4.90 Å². The van der Waals surface area contributed by atoms with E-state index in [2.05, 4.69) is 14.6 Å². The number of amides is 1. The number of piperidine rings is 1. The highest BCUT2D eigenvalue weighted by Crippen LogP contribution is 2.26. The Morgan fingerprint density at radius 3 is 2.58 bits per heavy atom. The number of rotatable bonds is 3. The van der Waals surface area contributed by atoms with Crippen LogP contribution in [-0.4, -0.2) is 43.0 Å². The summed E-state index contributed by atoms with van der Waals surface area (Å²) in [6.45, 7) is 3.05. The fourth-order valence-corrected chi connectivity index (χ4v) is 3.51. The van der Waals surface area contributed by atoms with E-state index >= 15 is 0 Å². The summed E-state index contributed by atoms with van der Waals surface area (Å²) < 4.78 is 42.6. The summed E-state index contributed by atoms with van der Waals surface area (Å²) in [6, 6.07) is 0.512. The molecule has 3 heterocycles. The van der Waals surface area contributed by atoms with E-state index in [0.717, 1.165) is 17.9 Å². The number of aryl methyl sites for hydroxylation is 1. The maximum absolute atomic E-state index is 12.6. The highest BCUT2D eigenvalue weighted by atomic mass is 32.1. The van der Waals surface area contributed by atoms with Gasteiger partial charge in [-0.3, -0.25) is 14.2 Å². The average molecular weight is 387 g/mol. The quantitative estimate of drug-likeness (QED) is 0.804. The summed E-state index contributed by atoms with van der Waals surface area (Å²) >= 11 is 1.06. The number of hydrogen-bond acceptors (Lipinski definition) is 6. The molecule has 0 N–H and O–H groups in total. The van der Waals surface area contributed by atoms with Gasteiger partial charge in [0.1, 0.15) is 4.88 Å². The lowest BCUT2D eigenvalue weighted by atomic mass is 9.96. The molecule has 0 radical (unpaired) electrons. The van der Waals surface area contributed by atoms with Crippen molar-refractivity contribution in [3.05, 3.63) is 39.0 Å². The van der Waals surface area contributed by atoms with Gasteiger partial charge in [0.2, 0.25) is 0 Å². The maximum Gasteiger partial charge on any atom is 0.433 e. The first-order valence-electron chi connectivity index (χ1n) is 7.97. The van der Waals surface area contributed by atoms with Crippen LogP contribution in [0.5, 0.6) is 0 Å². The first kappa shape index (κ1) is 18.5. The number of likely N-dealkylation sites (tertiary alicyclic amines) is 1. The third-order valence-electron chi connectivity index (χ3n) is 4.37. The van der Waals surface area contributed by atoms with Crippen molar-refractivity contribution in [3.8, 4) is 0 Å². The van der Waals surface area contributed by atoms with E-state index in [1.165, 1.54) is 4.57 Å². The van der Waals surface area contributed by atoms with Crippen LogP contribution in [0.3, 0.4) is 0 Å². The Hall–Kier alpha value is -2.30. The summed E-state index contributed by atoms with van der Waals surface area (Å²) in [7, 11) is 0. The Bertz CT molecular complexity index is 855. The van der Waals surface area contributed by atoms with Crippen LogP contribution in [0.15, 0.2) is 17.2 Å². The van der Waals surface area contributed by atoms with Gasteiger partial charge in [-0.15, -0.1) is 5.10 Å². The fraction of sp³-hybridized carbons (Fsp3) is 0.533. The number of aromatic nitrogens is 4. The summed E-state index contributed by atoms with van der Waals surface area (Å²) in [5.74, 6) is -0.0136. The molecule has 0 aromatic carbocycles. The predicted molar refractivity (Wildman–Crippen MR) is 86.8 cm³/mol. The van der Waals surface area contributed by atoms with E-state index in [9.17, 15) is 22.8 Å². The van der Waals surface area contributed by atoms with Gasteiger partial charge in [0.25, 0.3) is 11.5 Å². The third kappa shape index (κ3) is 3.92. The van der Waals surface area contributed by atoms with Crippen LogP contribution in [0.4, 0.5) is 13.2 Å². The summed E-state index contributed by atoms with van der Waals surface area (Å²) in [4.78, 5) is 29.8. The molecule has 2 aromatic heterocycles. The third-order valence-corrected chi connectivity index (χ3v) is 5.19. The molecule has 11 heteroatoms. The number of hydrogen-bond donors (Lipinski definition) is 0. The van der Waals surface area contributed by atoms with Crippen LogP contribution in [0.1, 0.15) is 33.9 Å². The van der Waals surface area contributed by atoms with Crippen molar-refractivity contribution >= 4 is 17.4 Å². The minimum Gasteiger partial charge on any atom is -0.338 e. The first-order valence-corrected chi connectivity index (χ1v) is 8.75. The Balaban J connectivity index is 1.60. The van der Waals surface area contributed by atoms with Crippen LogP contribution in [0.2, 0.25) is 0 Å². The molecule has 0 atom stereocenters. The molecule has 7 nitrogen and oxygen atoms in total. The SMILES string of the molecule is Cc1nnsc1C(=O)N1CCC(Cn2cnc(C(F)(F)F)cc2=O)CC1. The molecule has 2 aromatic rings. The molecule has 1 fully saturated rings. The number of alkyl halides is 3. The van der Waals surface area contributed by atoms with Gasteiger partial charge in [0, 0.05) is 25.7 Å². The fourth-order valence-electron chi connectivity index (χ4n) is 2.89. The van der Waals surface area contributed by atoms with Crippen molar-refractivity contribution in [1.29, 1.82) is 0 Å². The van der Waals surface area contributed by atoms with Gasteiger partial charge in [0.15, 0.2) is 5.69 Å². The zero-order chi connectivity index (χ0) is 18.9. The second-order valence-corrected chi connectivity index (χ2v) is 6.94. The topological polar surface area (TPSA) is 81.0 Å². The molecule has 1 aliphatic heterocycles. The molecule has 26 heavy (non-hydrogen) atoms. The van der Waals surface area contributed by atoms with Gasteiger partial charge in [-0.25, -0.2) is 4.98 Å². The maximum atomic E-state index is 12.6. The normalized spacial score (nSPS) is 16.1. The minimum atomic E-state index is -4.63. The largest absolute Gasteiger partial charge is 0.433 e. The zero-order valence-electron chi connectivity index (χ0n) is 13.9. The lowest BCUT2D eigenvalue weighted by Gasteiger charge is -2.31. The van der Waals surface area contributed by atoms with E-state index < -0.39 is 17.4 Å². The molecular weight excluding hydrogens is 371 g/mol. The van der Waals surface area contributed by atoms with E-state index in [0.29, 0.717) is 42.6 Å². The van der Waals surface area contributed by atoms with Crippen molar-refractivity contribution in [2.75, 3.05) is 13.1 Å². The molecule has 0 unspecified atom stereocenters. The summed E-state index contributed by atoms with van der Waals surface area (Å²) in [5.41, 5.74) is -1.31. The average Bonchev–Trinajstić information content (AvgIpc) is 3.02. The number of carbonyl (C=O) groups excluding carboxylic acids is 1. The highest BCUT2D eigenvalue weighted by Gasteiger charge is 2.33. The van der Waals surface area contributed by atoms with Crippen LogP contribution >= 0.6 is 11.5 Å². The van der Waals surface area contributed by atoms with Crippen molar-refractivity contribution in [3.63, 3.8) is 0 Å². The van der Waals surface area contributed by atoms with E-state index in [1.807, 2.05) is 0 Å². The van der Waals surface area contributed by atoms with E-state index in [-0.39, 0.29) is 18.4 Å². The van der Waals surface area contributed by atoms with Crippen LogP contribution in [-0.2, 0) is 12.7 Å². The number of nitrogens with zero attached hydrogens (tertiary/aromatic N) is 5. The van der Waals surface area contributed by atoms with Gasteiger partial charge in [-0.05, 0) is 37.2 Å². The van der Waals surface area contributed by atoms with Crippen molar-refractivity contribution in [2.45, 2.75) is 32.5 Å². The molecule has 0 aliphatic carbocycles. The lowest BCUT2D eigenvalue weighted by molar-refractivity contribution is -0.141. The zero-order valence-corrected chi connectivity index (χ0v) is 14.7. The predicted octanol–water partition coefficient (Wildman–Crippen LogP) is 1.97. The molecule has 0 saturated carbocycles. The summed E-state index contributed by atoms with van der Waals surface area (Å²) in [6.07, 6.45) is -2.38. The van der Waals surface area contributed by atoms with Gasteiger partial charge >= 0.3 is 6.18 Å². The smallest absolute Gasteiger partial charge is 0.338 e. The molecular formula is C15H16F3N5O2S. The summed E-state index contributed by atoms with van der Waals surface area (Å²) in [5, 5.41) is 3.83. The molecule has 3 rings (SSSR count). The number of carbonyl (C=O) groups is 1. The molecule has 1 amide bonds. The second-order valence-electron chi connectivity index (χ2n) is 6.19. The second kappa shape index (κ2) is 7.14. The van der Waals surface area contributed by atoms with Gasteiger partial charge in [-0.1, -0.05) is 4.49 Å². The van der Waals surface area contributed by atoms with Gasteiger partial charge in [0.05, 0.1) is 12.0 Å². The first-order chi connectivity index (χ1) is 12.3. The standard InChI is InChI=1S/C15H16F3N5O2S/c1-9-13(26-21-20-9)14(25)22-4-2-10(3-5-22)7-23-8-19-11(6-12(23)24)15(16,17)18/h6,8,10H,2-5,7H2,1H3. The van der Waals surface area contributed by atoms with Gasteiger partial charge in [-0.2, -0.15) is 13.2 Å². The molecule has 0 spiro atoms.